The number of thiocarbonyl (C=S) groups is 1. The van der Waals surface area contributed by atoms with Crippen LogP contribution in [0.1, 0.15) is 12.6 Å². The minimum absolute atomic E-state index is 0.00274. The van der Waals surface area contributed by atoms with Crippen LogP contribution in [0, 0.1) is 10.1 Å². The lowest BCUT2D eigenvalue weighted by molar-refractivity contribution is -0.384. The number of aromatic nitrogens is 1. The van der Waals surface area contributed by atoms with E-state index in [0.29, 0.717) is 28.2 Å². The average Bonchev–Trinajstić information content (AvgIpc) is 2.94. The lowest BCUT2D eigenvalue weighted by Gasteiger charge is -2.07. The highest BCUT2D eigenvalue weighted by molar-refractivity contribution is 7.80. The molecule has 126 valence electrons. The number of nitrogens with one attached hydrogen (secondary N) is 2. The van der Waals surface area contributed by atoms with Crippen molar-refractivity contribution in [2.24, 2.45) is 0 Å². The summed E-state index contributed by atoms with van der Waals surface area (Å²) in [5.41, 5.74) is 1.21. The number of ether oxygens (including phenoxy) is 1. The van der Waals surface area contributed by atoms with Crippen LogP contribution in [0.3, 0.4) is 0 Å². The highest BCUT2D eigenvalue weighted by atomic mass is 32.1. The molecule has 0 amide bonds. The summed E-state index contributed by atoms with van der Waals surface area (Å²) in [5, 5.41) is 19.0. The van der Waals surface area contributed by atoms with Gasteiger partial charge in [0.2, 0.25) is 0 Å². The maximum atomic E-state index is 11.4. The van der Waals surface area contributed by atoms with Crippen LogP contribution >= 0.6 is 23.6 Å². The van der Waals surface area contributed by atoms with E-state index in [-0.39, 0.29) is 18.1 Å². The van der Waals surface area contributed by atoms with Gasteiger partial charge in [0.25, 0.3) is 5.69 Å². The fraction of sp³-hybridized carbons (Fsp3) is 0.214. The van der Waals surface area contributed by atoms with E-state index in [0.717, 1.165) is 0 Å². The Morgan fingerprint density at radius 3 is 2.71 bits per heavy atom. The first kappa shape index (κ1) is 17.8. The van der Waals surface area contributed by atoms with Gasteiger partial charge in [0.05, 0.1) is 23.6 Å². The van der Waals surface area contributed by atoms with Gasteiger partial charge in [0, 0.05) is 23.2 Å². The Balaban J connectivity index is 1.89. The molecule has 0 atom stereocenters. The minimum atomic E-state index is -0.471. The number of anilines is 2. The topological polar surface area (TPSA) is 106 Å². The molecule has 1 heterocycles. The van der Waals surface area contributed by atoms with Crippen molar-refractivity contribution >= 4 is 51.1 Å². The molecule has 0 saturated heterocycles. The van der Waals surface area contributed by atoms with Crippen LogP contribution in [0.2, 0.25) is 0 Å². The van der Waals surface area contributed by atoms with Crippen molar-refractivity contribution < 1.29 is 14.5 Å². The summed E-state index contributed by atoms with van der Waals surface area (Å²) in [6.07, 6.45) is 0.106. The quantitative estimate of drug-likeness (QED) is 0.348. The standard InChI is InChI=1S/C14H14N4O4S2/c1-2-22-12(19)7-10-8-24-14(16-10)17-13(23)15-9-3-5-11(6-4-9)18(20)21/h3-6,8H,2,7H2,1H3,(H2,15,16,17,23). The first-order chi connectivity index (χ1) is 11.5. The van der Waals surface area contributed by atoms with Crippen molar-refractivity contribution in [3.05, 3.63) is 45.5 Å². The molecule has 10 heteroatoms. The fourth-order valence-electron chi connectivity index (χ4n) is 1.73. The second-order valence-corrected chi connectivity index (χ2v) is 5.78. The smallest absolute Gasteiger partial charge is 0.311 e. The highest BCUT2D eigenvalue weighted by Crippen LogP contribution is 2.18. The van der Waals surface area contributed by atoms with E-state index < -0.39 is 4.92 Å². The Morgan fingerprint density at radius 1 is 1.38 bits per heavy atom. The average molecular weight is 366 g/mol. The molecule has 2 N–H and O–H groups in total. The van der Waals surface area contributed by atoms with Crippen LogP contribution in [0.25, 0.3) is 0 Å². The lowest BCUT2D eigenvalue weighted by Crippen LogP contribution is -2.19. The third kappa shape index (κ3) is 5.25. The molecule has 1 aromatic heterocycles. The molecule has 8 nitrogen and oxygen atoms in total. The molecule has 2 aromatic rings. The monoisotopic (exact) mass is 366 g/mol. The number of nitro benzene ring substituents is 1. The molecule has 0 spiro atoms. The van der Waals surface area contributed by atoms with Crippen LogP contribution in [-0.2, 0) is 16.0 Å². The minimum Gasteiger partial charge on any atom is -0.466 e. The summed E-state index contributed by atoms with van der Waals surface area (Å²) in [6.45, 7) is 2.07. The zero-order valence-corrected chi connectivity index (χ0v) is 14.3. The largest absolute Gasteiger partial charge is 0.466 e. The van der Waals surface area contributed by atoms with Crippen molar-refractivity contribution in [3.8, 4) is 0 Å². The maximum Gasteiger partial charge on any atom is 0.311 e. The van der Waals surface area contributed by atoms with Gasteiger partial charge < -0.3 is 15.4 Å². The van der Waals surface area contributed by atoms with Crippen LogP contribution in [-0.4, -0.2) is 27.6 Å². The van der Waals surface area contributed by atoms with E-state index in [4.69, 9.17) is 17.0 Å². The Bertz CT molecular complexity index is 745. The van der Waals surface area contributed by atoms with E-state index >= 15 is 0 Å². The van der Waals surface area contributed by atoms with Gasteiger partial charge in [-0.1, -0.05) is 0 Å². The Kier molecular flexibility index (Phi) is 6.15. The molecule has 0 unspecified atom stereocenters. The van der Waals surface area contributed by atoms with E-state index in [1.54, 1.807) is 24.4 Å². The van der Waals surface area contributed by atoms with E-state index in [2.05, 4.69) is 15.6 Å². The number of carbonyl (C=O) groups excluding carboxylic acids is 1. The number of benzene rings is 1. The van der Waals surface area contributed by atoms with Crippen LogP contribution in [0.4, 0.5) is 16.5 Å². The summed E-state index contributed by atoms with van der Waals surface area (Å²) in [5.74, 6) is -0.332. The molecule has 24 heavy (non-hydrogen) atoms. The summed E-state index contributed by atoms with van der Waals surface area (Å²) in [4.78, 5) is 25.8. The van der Waals surface area contributed by atoms with E-state index in [1.807, 2.05) is 0 Å². The number of hydrogen-bond donors (Lipinski definition) is 2. The number of carbonyl (C=O) groups is 1. The second kappa shape index (κ2) is 8.31. The zero-order valence-electron chi connectivity index (χ0n) is 12.6. The number of nitrogens with zero attached hydrogens (tertiary/aromatic N) is 2. The first-order valence-corrected chi connectivity index (χ1v) is 8.19. The molecule has 1 aromatic carbocycles. The third-order valence-corrected chi connectivity index (χ3v) is 3.75. The predicted octanol–water partition coefficient (Wildman–Crippen LogP) is 2.97. The molecule has 0 saturated carbocycles. The van der Waals surface area contributed by atoms with Crippen molar-refractivity contribution in [2.45, 2.75) is 13.3 Å². The van der Waals surface area contributed by atoms with Gasteiger partial charge in [0.1, 0.15) is 0 Å². The second-order valence-electron chi connectivity index (χ2n) is 4.51. The SMILES string of the molecule is CCOC(=O)Cc1csc(NC(=S)Nc2ccc([N+](=O)[O-])cc2)n1. The Labute approximate surface area is 147 Å². The molecule has 2 rings (SSSR count). The van der Waals surface area contributed by atoms with Crippen molar-refractivity contribution in [3.63, 3.8) is 0 Å². The third-order valence-electron chi connectivity index (χ3n) is 2.74. The van der Waals surface area contributed by atoms with Gasteiger partial charge in [-0.15, -0.1) is 11.3 Å². The molecular weight excluding hydrogens is 352 g/mol. The summed E-state index contributed by atoms with van der Waals surface area (Å²) in [7, 11) is 0. The number of rotatable bonds is 6. The number of esters is 1. The molecule has 0 aliphatic rings. The van der Waals surface area contributed by atoms with E-state index in [9.17, 15) is 14.9 Å². The summed E-state index contributed by atoms with van der Waals surface area (Å²) < 4.78 is 4.86. The molecule has 0 fully saturated rings. The number of thiazole rings is 1. The van der Waals surface area contributed by atoms with Crippen molar-refractivity contribution in [1.29, 1.82) is 0 Å². The van der Waals surface area contributed by atoms with Gasteiger partial charge in [0.15, 0.2) is 10.2 Å². The van der Waals surface area contributed by atoms with E-state index in [1.165, 1.54) is 23.5 Å². The molecule has 0 aliphatic heterocycles. The van der Waals surface area contributed by atoms with Gasteiger partial charge in [-0.3, -0.25) is 14.9 Å². The molecule has 0 bridgehead atoms. The molecule has 0 radical (unpaired) electrons. The van der Waals surface area contributed by atoms with Crippen LogP contribution in [0.5, 0.6) is 0 Å². The Morgan fingerprint density at radius 2 is 2.08 bits per heavy atom. The maximum absolute atomic E-state index is 11.4. The van der Waals surface area contributed by atoms with Gasteiger partial charge >= 0.3 is 5.97 Å². The zero-order chi connectivity index (χ0) is 17.5. The summed E-state index contributed by atoms with van der Waals surface area (Å²) >= 11 is 6.47. The molecular formula is C14H14N4O4S2. The molecule has 0 aliphatic carbocycles. The number of nitro groups is 1. The van der Waals surface area contributed by atoms with Crippen LogP contribution in [0.15, 0.2) is 29.6 Å². The lowest BCUT2D eigenvalue weighted by atomic mass is 10.3. The number of non-ortho nitro benzene ring substituents is 1. The number of hydrogen-bond acceptors (Lipinski definition) is 7. The highest BCUT2D eigenvalue weighted by Gasteiger charge is 2.10. The predicted molar refractivity (Wildman–Crippen MR) is 95.4 cm³/mol. The normalized spacial score (nSPS) is 10.0. The van der Waals surface area contributed by atoms with Gasteiger partial charge in [-0.2, -0.15) is 0 Å². The van der Waals surface area contributed by atoms with Crippen LogP contribution < -0.4 is 10.6 Å². The fourth-order valence-corrected chi connectivity index (χ4v) is 2.73. The van der Waals surface area contributed by atoms with Crippen molar-refractivity contribution in [1.82, 2.24) is 4.98 Å². The first-order valence-electron chi connectivity index (χ1n) is 6.90. The summed E-state index contributed by atoms with van der Waals surface area (Å²) in [6, 6.07) is 5.87. The van der Waals surface area contributed by atoms with Crippen molar-refractivity contribution in [2.75, 3.05) is 17.2 Å². The van der Waals surface area contributed by atoms with Gasteiger partial charge in [-0.05, 0) is 31.3 Å². The Hall–Kier alpha value is -2.59. The van der Waals surface area contributed by atoms with Gasteiger partial charge in [-0.25, -0.2) is 4.98 Å².